The van der Waals surface area contributed by atoms with Crippen molar-refractivity contribution in [2.75, 3.05) is 25.0 Å². The van der Waals surface area contributed by atoms with Gasteiger partial charge in [-0.05, 0) is 68.8 Å². The standard InChI is InChI=1S/C32H33FN6O3/c1-21(40)35-25-7-8-30-29(16-25)36-31(39(30)18-26-11-14-41-26)19-38-12-9-23(10-13-38)28-3-2-4-32(37-28)42-20-24-6-5-22(17-34)15-27(24)33/h2-8,15-16,23,26H,9-14,18-20H2,1H3,(H,35,40). The number of carbonyl (C=O) groups is 1. The molecule has 0 radical (unpaired) electrons. The van der Waals surface area contributed by atoms with Gasteiger partial charge < -0.3 is 19.4 Å². The lowest BCUT2D eigenvalue weighted by Crippen LogP contribution is -2.35. The first kappa shape index (κ1) is 27.8. The molecule has 42 heavy (non-hydrogen) atoms. The molecule has 1 unspecified atom stereocenters. The van der Waals surface area contributed by atoms with E-state index in [2.05, 4.69) is 14.8 Å². The summed E-state index contributed by atoms with van der Waals surface area (Å²) in [6, 6.07) is 17.9. The van der Waals surface area contributed by atoms with E-state index in [0.29, 0.717) is 17.4 Å². The van der Waals surface area contributed by atoms with Crippen LogP contribution in [0.5, 0.6) is 5.88 Å². The number of ether oxygens (including phenoxy) is 2. The van der Waals surface area contributed by atoms with Gasteiger partial charge in [0.05, 0.1) is 41.9 Å². The Kier molecular flexibility index (Phi) is 8.13. The molecule has 1 amide bonds. The van der Waals surface area contributed by atoms with Gasteiger partial charge in [-0.25, -0.2) is 14.4 Å². The fourth-order valence-electron chi connectivity index (χ4n) is 5.63. The lowest BCUT2D eigenvalue weighted by molar-refractivity contribution is -0.114. The van der Waals surface area contributed by atoms with E-state index in [-0.39, 0.29) is 24.2 Å². The first-order chi connectivity index (χ1) is 20.4. The number of carbonyl (C=O) groups excluding carboxylic acids is 1. The highest BCUT2D eigenvalue weighted by molar-refractivity contribution is 5.91. The Morgan fingerprint density at radius 1 is 1.14 bits per heavy atom. The minimum absolute atomic E-state index is 0.0473. The van der Waals surface area contributed by atoms with Crippen LogP contribution in [-0.2, 0) is 29.2 Å². The van der Waals surface area contributed by atoms with Gasteiger partial charge in [0, 0.05) is 42.5 Å². The number of pyridine rings is 1. The van der Waals surface area contributed by atoms with Gasteiger partial charge in [-0.15, -0.1) is 0 Å². The zero-order valence-corrected chi connectivity index (χ0v) is 23.6. The molecule has 2 saturated heterocycles. The van der Waals surface area contributed by atoms with E-state index >= 15 is 0 Å². The number of likely N-dealkylation sites (tertiary alicyclic amines) is 1. The molecule has 1 N–H and O–H groups in total. The van der Waals surface area contributed by atoms with Crippen molar-refractivity contribution in [2.24, 2.45) is 0 Å². The van der Waals surface area contributed by atoms with Crippen molar-refractivity contribution in [3.05, 3.63) is 83.1 Å². The van der Waals surface area contributed by atoms with Crippen LogP contribution in [0.25, 0.3) is 11.0 Å². The van der Waals surface area contributed by atoms with E-state index in [1.807, 2.05) is 36.4 Å². The summed E-state index contributed by atoms with van der Waals surface area (Å²) in [5.74, 6) is 1.21. The average molecular weight is 569 g/mol. The molecule has 4 aromatic rings. The number of amides is 1. The van der Waals surface area contributed by atoms with E-state index in [1.54, 1.807) is 18.2 Å². The predicted molar refractivity (Wildman–Crippen MR) is 155 cm³/mol. The quantitative estimate of drug-likeness (QED) is 0.298. The summed E-state index contributed by atoms with van der Waals surface area (Å²) >= 11 is 0. The number of nitrogens with zero attached hydrogens (tertiary/aromatic N) is 5. The molecular formula is C32H33FN6O3. The lowest BCUT2D eigenvalue weighted by Gasteiger charge is -2.32. The van der Waals surface area contributed by atoms with Crippen LogP contribution in [-0.4, -0.2) is 51.1 Å². The molecule has 2 fully saturated rings. The maximum absolute atomic E-state index is 14.3. The van der Waals surface area contributed by atoms with Crippen molar-refractivity contribution in [1.29, 1.82) is 5.26 Å². The molecule has 10 heteroatoms. The van der Waals surface area contributed by atoms with Crippen LogP contribution >= 0.6 is 0 Å². The Morgan fingerprint density at radius 3 is 2.69 bits per heavy atom. The summed E-state index contributed by atoms with van der Waals surface area (Å²) in [7, 11) is 0. The van der Waals surface area contributed by atoms with Crippen molar-refractivity contribution in [3.8, 4) is 11.9 Å². The summed E-state index contributed by atoms with van der Waals surface area (Å²) in [6.07, 6.45) is 3.17. The molecule has 4 heterocycles. The topological polar surface area (TPSA) is 105 Å². The number of aromatic nitrogens is 3. The number of hydrogen-bond acceptors (Lipinski definition) is 7. The number of nitrogens with one attached hydrogen (secondary N) is 1. The van der Waals surface area contributed by atoms with E-state index in [1.165, 1.54) is 13.0 Å². The molecule has 2 aromatic heterocycles. The number of imidazole rings is 1. The molecule has 0 bridgehead atoms. The molecule has 216 valence electrons. The van der Waals surface area contributed by atoms with Gasteiger partial charge in [0.15, 0.2) is 0 Å². The third kappa shape index (κ3) is 6.27. The highest BCUT2D eigenvalue weighted by Gasteiger charge is 2.26. The minimum Gasteiger partial charge on any atom is -0.473 e. The van der Waals surface area contributed by atoms with Gasteiger partial charge in [-0.3, -0.25) is 9.69 Å². The van der Waals surface area contributed by atoms with Crippen LogP contribution in [0.15, 0.2) is 54.6 Å². The zero-order chi connectivity index (χ0) is 29.1. The summed E-state index contributed by atoms with van der Waals surface area (Å²) < 4.78 is 28.1. The second kappa shape index (κ2) is 12.3. The van der Waals surface area contributed by atoms with Crippen LogP contribution in [0.3, 0.4) is 0 Å². The normalized spacial score (nSPS) is 17.5. The molecular weight excluding hydrogens is 535 g/mol. The first-order valence-electron chi connectivity index (χ1n) is 14.3. The molecule has 1 atom stereocenters. The highest BCUT2D eigenvalue weighted by atomic mass is 19.1. The van der Waals surface area contributed by atoms with Gasteiger partial charge in [0.2, 0.25) is 11.8 Å². The van der Waals surface area contributed by atoms with Gasteiger partial charge in [-0.2, -0.15) is 5.26 Å². The smallest absolute Gasteiger partial charge is 0.221 e. The predicted octanol–water partition coefficient (Wildman–Crippen LogP) is 5.15. The second-order valence-electron chi connectivity index (χ2n) is 11.0. The lowest BCUT2D eigenvalue weighted by atomic mass is 9.93. The van der Waals surface area contributed by atoms with Crippen molar-refractivity contribution >= 4 is 22.6 Å². The van der Waals surface area contributed by atoms with Crippen molar-refractivity contribution < 1.29 is 18.7 Å². The van der Waals surface area contributed by atoms with Crippen LogP contribution in [0.1, 0.15) is 54.7 Å². The molecule has 2 aliphatic heterocycles. The zero-order valence-electron chi connectivity index (χ0n) is 23.6. The minimum atomic E-state index is -0.459. The van der Waals surface area contributed by atoms with Crippen LogP contribution < -0.4 is 10.1 Å². The molecule has 2 aromatic carbocycles. The van der Waals surface area contributed by atoms with Crippen molar-refractivity contribution in [1.82, 2.24) is 19.4 Å². The van der Waals surface area contributed by atoms with E-state index in [9.17, 15) is 9.18 Å². The Morgan fingerprint density at radius 2 is 1.98 bits per heavy atom. The summed E-state index contributed by atoms with van der Waals surface area (Å²) in [4.78, 5) is 23.7. The van der Waals surface area contributed by atoms with Crippen LogP contribution in [0.2, 0.25) is 0 Å². The average Bonchev–Trinajstić information content (AvgIpc) is 3.30. The fraction of sp³-hybridized carbons (Fsp3) is 0.375. The maximum Gasteiger partial charge on any atom is 0.221 e. The third-order valence-electron chi connectivity index (χ3n) is 8.00. The number of rotatable bonds is 9. The van der Waals surface area contributed by atoms with E-state index in [4.69, 9.17) is 24.7 Å². The molecule has 0 spiro atoms. The van der Waals surface area contributed by atoms with Crippen molar-refractivity contribution in [2.45, 2.75) is 57.9 Å². The SMILES string of the molecule is CC(=O)Nc1ccc2c(c1)nc(CN1CCC(c3cccc(OCc4ccc(C#N)cc4F)n3)CC1)n2CC1CCO1. The second-order valence-corrected chi connectivity index (χ2v) is 11.0. The monoisotopic (exact) mass is 568 g/mol. The number of anilines is 1. The number of benzene rings is 2. The third-order valence-corrected chi connectivity index (χ3v) is 8.00. The van der Waals surface area contributed by atoms with Gasteiger partial charge in [0.25, 0.3) is 0 Å². The Hall–Kier alpha value is -4.33. The first-order valence-corrected chi connectivity index (χ1v) is 14.3. The number of piperidine rings is 1. The summed E-state index contributed by atoms with van der Waals surface area (Å²) in [6.45, 7) is 5.68. The fourth-order valence-corrected chi connectivity index (χ4v) is 5.63. The van der Waals surface area contributed by atoms with Crippen LogP contribution in [0.4, 0.5) is 10.1 Å². The van der Waals surface area contributed by atoms with Gasteiger partial charge >= 0.3 is 0 Å². The summed E-state index contributed by atoms with van der Waals surface area (Å²) in [5.41, 5.74) is 4.30. The Balaban J connectivity index is 1.10. The van der Waals surface area contributed by atoms with Gasteiger partial charge in [0.1, 0.15) is 18.2 Å². The number of halogens is 1. The molecule has 0 aliphatic carbocycles. The molecule has 2 aliphatic rings. The Bertz CT molecular complexity index is 1640. The largest absolute Gasteiger partial charge is 0.473 e. The van der Waals surface area contributed by atoms with Crippen LogP contribution in [0, 0.1) is 17.1 Å². The number of hydrogen-bond donors (Lipinski definition) is 1. The summed E-state index contributed by atoms with van der Waals surface area (Å²) in [5, 5.41) is 11.8. The number of nitriles is 1. The maximum atomic E-state index is 14.3. The van der Waals surface area contributed by atoms with E-state index < -0.39 is 5.82 Å². The molecule has 0 saturated carbocycles. The Labute approximate surface area is 243 Å². The van der Waals surface area contributed by atoms with E-state index in [0.717, 1.165) is 80.3 Å². The highest BCUT2D eigenvalue weighted by Crippen LogP contribution is 2.30. The molecule has 9 nitrogen and oxygen atoms in total. The van der Waals surface area contributed by atoms with Crippen molar-refractivity contribution in [3.63, 3.8) is 0 Å². The molecule has 6 rings (SSSR count). The van der Waals surface area contributed by atoms with Gasteiger partial charge in [-0.1, -0.05) is 12.1 Å². The number of fused-ring (bicyclic) bond motifs is 1.